The van der Waals surface area contributed by atoms with E-state index in [1.165, 1.54) is 55.4 Å². The molecule has 0 saturated heterocycles. The normalized spacial score (nSPS) is 11.3. The van der Waals surface area contributed by atoms with Gasteiger partial charge < -0.3 is 0 Å². The average molecular weight is 413 g/mol. The monoisotopic (exact) mass is 413 g/mol. The zero-order valence-electron chi connectivity index (χ0n) is 15.7. The van der Waals surface area contributed by atoms with E-state index in [0.717, 1.165) is 9.99 Å². The van der Waals surface area contributed by atoms with E-state index in [-0.39, 0.29) is 16.0 Å². The second kappa shape index (κ2) is 8.25. The fourth-order valence-corrected chi connectivity index (χ4v) is 3.38. The Bertz CT molecular complexity index is 1140. The standard InChI is InChI=1S/C19H19N5O4S/c1-23(2)29(27,28)17-10-6-7-14(11-17)18(25)21-22-19(26)15-12-20-24(13-15)16-8-4-3-5-9-16/h3-13H,1-2H3,(H,21,25)(H,22,26). The molecule has 2 amide bonds. The molecule has 0 aliphatic carbocycles. The third-order valence-electron chi connectivity index (χ3n) is 4.03. The van der Waals surface area contributed by atoms with Crippen LogP contribution < -0.4 is 10.9 Å². The number of nitrogens with one attached hydrogen (secondary N) is 2. The first-order chi connectivity index (χ1) is 13.8. The van der Waals surface area contributed by atoms with Crippen LogP contribution in [0.5, 0.6) is 0 Å². The van der Waals surface area contributed by atoms with Gasteiger partial charge in [0, 0.05) is 25.9 Å². The maximum absolute atomic E-state index is 12.3. The van der Waals surface area contributed by atoms with Crippen molar-refractivity contribution in [2.24, 2.45) is 0 Å². The summed E-state index contributed by atoms with van der Waals surface area (Å²) in [7, 11) is -0.874. The van der Waals surface area contributed by atoms with E-state index in [9.17, 15) is 18.0 Å². The second-order valence-corrected chi connectivity index (χ2v) is 8.38. The molecule has 2 aromatic carbocycles. The Labute approximate surface area is 168 Å². The highest BCUT2D eigenvalue weighted by atomic mass is 32.2. The van der Waals surface area contributed by atoms with Gasteiger partial charge in [-0.1, -0.05) is 24.3 Å². The number of benzene rings is 2. The Morgan fingerprint density at radius 3 is 2.24 bits per heavy atom. The van der Waals surface area contributed by atoms with Crippen molar-refractivity contribution in [2.75, 3.05) is 14.1 Å². The van der Waals surface area contributed by atoms with Gasteiger partial charge >= 0.3 is 0 Å². The maximum Gasteiger partial charge on any atom is 0.272 e. The zero-order chi connectivity index (χ0) is 21.0. The number of sulfonamides is 1. The third kappa shape index (κ3) is 4.50. The Hall–Kier alpha value is -3.50. The van der Waals surface area contributed by atoms with Gasteiger partial charge in [0.15, 0.2) is 0 Å². The smallest absolute Gasteiger partial charge is 0.267 e. The first-order valence-electron chi connectivity index (χ1n) is 8.52. The average Bonchev–Trinajstić information content (AvgIpc) is 3.23. The summed E-state index contributed by atoms with van der Waals surface area (Å²) < 4.78 is 27.0. The molecule has 0 unspecified atom stereocenters. The van der Waals surface area contributed by atoms with Crippen LogP contribution in [0, 0.1) is 0 Å². The number of carbonyl (C=O) groups is 2. The molecule has 10 heteroatoms. The summed E-state index contributed by atoms with van der Waals surface area (Å²) in [4.78, 5) is 24.5. The van der Waals surface area contributed by atoms with Crippen LogP contribution in [0.2, 0.25) is 0 Å². The van der Waals surface area contributed by atoms with Gasteiger partial charge in [-0.25, -0.2) is 17.4 Å². The minimum Gasteiger partial charge on any atom is -0.267 e. The first kappa shape index (κ1) is 20.2. The van der Waals surface area contributed by atoms with E-state index in [2.05, 4.69) is 16.0 Å². The number of carbonyl (C=O) groups excluding carboxylic acids is 2. The minimum absolute atomic E-state index is 0.0226. The van der Waals surface area contributed by atoms with Crippen LogP contribution in [-0.4, -0.2) is 48.4 Å². The summed E-state index contributed by atoms with van der Waals surface area (Å²) in [5.41, 5.74) is 5.69. The second-order valence-electron chi connectivity index (χ2n) is 6.23. The molecular weight excluding hydrogens is 394 g/mol. The van der Waals surface area contributed by atoms with Crippen LogP contribution in [0.4, 0.5) is 0 Å². The molecule has 9 nitrogen and oxygen atoms in total. The fraction of sp³-hybridized carbons (Fsp3) is 0.105. The minimum atomic E-state index is -3.68. The molecule has 0 radical (unpaired) electrons. The molecule has 2 N–H and O–H groups in total. The van der Waals surface area contributed by atoms with Crippen LogP contribution in [-0.2, 0) is 10.0 Å². The first-order valence-corrected chi connectivity index (χ1v) is 9.96. The van der Waals surface area contributed by atoms with Crippen molar-refractivity contribution in [3.8, 4) is 5.69 Å². The van der Waals surface area contributed by atoms with Crippen molar-refractivity contribution in [2.45, 2.75) is 4.90 Å². The number of hydrogen-bond acceptors (Lipinski definition) is 5. The molecule has 29 heavy (non-hydrogen) atoms. The Kier molecular flexibility index (Phi) is 5.76. The summed E-state index contributed by atoms with van der Waals surface area (Å²) >= 11 is 0. The van der Waals surface area contributed by atoms with E-state index in [1.54, 1.807) is 0 Å². The van der Waals surface area contributed by atoms with Gasteiger partial charge in [-0.15, -0.1) is 0 Å². The highest BCUT2D eigenvalue weighted by Gasteiger charge is 2.19. The van der Waals surface area contributed by atoms with Gasteiger partial charge in [-0.2, -0.15) is 5.10 Å². The number of hydrogen-bond donors (Lipinski definition) is 2. The maximum atomic E-state index is 12.3. The van der Waals surface area contributed by atoms with Crippen molar-refractivity contribution in [3.63, 3.8) is 0 Å². The quantitative estimate of drug-likeness (QED) is 0.610. The fourth-order valence-electron chi connectivity index (χ4n) is 2.43. The zero-order valence-corrected chi connectivity index (χ0v) is 16.6. The molecule has 0 bridgehead atoms. The molecule has 0 aliphatic heterocycles. The molecule has 3 rings (SSSR count). The van der Waals surface area contributed by atoms with Crippen LogP contribution in [0.25, 0.3) is 5.69 Å². The van der Waals surface area contributed by atoms with Crippen molar-refractivity contribution in [3.05, 3.63) is 78.1 Å². The van der Waals surface area contributed by atoms with Gasteiger partial charge in [0.05, 0.1) is 22.3 Å². The van der Waals surface area contributed by atoms with Crippen LogP contribution in [0.1, 0.15) is 20.7 Å². The number of aromatic nitrogens is 2. The lowest BCUT2D eigenvalue weighted by Gasteiger charge is -2.12. The lowest BCUT2D eigenvalue weighted by molar-refractivity contribution is 0.0846. The van der Waals surface area contributed by atoms with Crippen LogP contribution in [0.15, 0.2) is 71.9 Å². The van der Waals surface area contributed by atoms with Crippen molar-refractivity contribution in [1.82, 2.24) is 24.9 Å². The molecule has 150 valence electrons. The molecule has 0 spiro atoms. The van der Waals surface area contributed by atoms with E-state index in [1.807, 2.05) is 30.3 Å². The van der Waals surface area contributed by atoms with E-state index < -0.39 is 21.8 Å². The van der Waals surface area contributed by atoms with Crippen molar-refractivity contribution >= 4 is 21.8 Å². The van der Waals surface area contributed by atoms with E-state index in [0.29, 0.717) is 0 Å². The highest BCUT2D eigenvalue weighted by molar-refractivity contribution is 7.89. The predicted octanol–water partition coefficient (Wildman–Crippen LogP) is 1.20. The van der Waals surface area contributed by atoms with E-state index >= 15 is 0 Å². The molecular formula is C19H19N5O4S. The molecule has 0 aliphatic rings. The van der Waals surface area contributed by atoms with Crippen LogP contribution in [0.3, 0.4) is 0 Å². The molecule has 0 saturated carbocycles. The Morgan fingerprint density at radius 1 is 0.931 bits per heavy atom. The number of hydrazine groups is 1. The van der Waals surface area contributed by atoms with Crippen molar-refractivity contribution < 1.29 is 18.0 Å². The summed E-state index contributed by atoms with van der Waals surface area (Å²) in [5.74, 6) is -1.21. The predicted molar refractivity (Wildman–Crippen MR) is 106 cm³/mol. The molecule has 0 atom stereocenters. The van der Waals surface area contributed by atoms with Gasteiger partial charge in [-0.3, -0.25) is 20.4 Å². The number of para-hydroxylation sites is 1. The topological polar surface area (TPSA) is 113 Å². The number of amides is 2. The van der Waals surface area contributed by atoms with E-state index in [4.69, 9.17) is 0 Å². The SMILES string of the molecule is CN(C)S(=O)(=O)c1cccc(C(=O)NNC(=O)c2cnn(-c3ccccc3)c2)c1. The molecule has 0 fully saturated rings. The third-order valence-corrected chi connectivity index (χ3v) is 5.84. The largest absolute Gasteiger partial charge is 0.272 e. The molecule has 1 heterocycles. The lowest BCUT2D eigenvalue weighted by atomic mass is 10.2. The van der Waals surface area contributed by atoms with Gasteiger partial charge in [0.1, 0.15) is 0 Å². The summed E-state index contributed by atoms with van der Waals surface area (Å²) in [6, 6.07) is 14.8. The van der Waals surface area contributed by atoms with Crippen LogP contribution >= 0.6 is 0 Å². The summed E-state index contributed by atoms with van der Waals surface area (Å²) in [5, 5.41) is 4.12. The van der Waals surface area contributed by atoms with Gasteiger partial charge in [0.2, 0.25) is 10.0 Å². The molecule has 1 aromatic heterocycles. The van der Waals surface area contributed by atoms with Gasteiger partial charge in [0.25, 0.3) is 11.8 Å². The number of rotatable bonds is 5. The number of nitrogens with zero attached hydrogens (tertiary/aromatic N) is 3. The van der Waals surface area contributed by atoms with Crippen molar-refractivity contribution in [1.29, 1.82) is 0 Å². The van der Waals surface area contributed by atoms with Gasteiger partial charge in [-0.05, 0) is 30.3 Å². The Balaban J connectivity index is 1.67. The molecule has 3 aromatic rings. The Morgan fingerprint density at radius 2 is 1.59 bits per heavy atom. The lowest BCUT2D eigenvalue weighted by Crippen LogP contribution is -2.41. The highest BCUT2D eigenvalue weighted by Crippen LogP contribution is 2.14. The summed E-state index contributed by atoms with van der Waals surface area (Å²) in [6.45, 7) is 0. The summed E-state index contributed by atoms with van der Waals surface area (Å²) in [6.07, 6.45) is 2.90.